The number of amides is 1. The van der Waals surface area contributed by atoms with Crippen LogP contribution in [0.3, 0.4) is 0 Å². The van der Waals surface area contributed by atoms with E-state index in [0.29, 0.717) is 6.42 Å². The molecular weight excluding hydrogens is 472 g/mol. The Kier molecular flexibility index (Phi) is 7.54. The van der Waals surface area contributed by atoms with Crippen LogP contribution in [0.15, 0.2) is 34.4 Å². The van der Waals surface area contributed by atoms with Crippen LogP contribution in [0.4, 0.5) is 5.13 Å². The second-order valence-electron chi connectivity index (χ2n) is 8.71. The second-order valence-corrected chi connectivity index (χ2v) is 9.57. The van der Waals surface area contributed by atoms with Gasteiger partial charge in [0.05, 0.1) is 12.8 Å². The molecule has 1 aromatic carbocycles. The fourth-order valence-electron chi connectivity index (χ4n) is 4.56. The predicted octanol–water partition coefficient (Wildman–Crippen LogP) is 3.57. The van der Waals surface area contributed by atoms with Gasteiger partial charge in [-0.3, -0.25) is 14.3 Å². The van der Waals surface area contributed by atoms with Crippen molar-refractivity contribution in [3.63, 3.8) is 0 Å². The van der Waals surface area contributed by atoms with E-state index >= 15 is 0 Å². The van der Waals surface area contributed by atoms with Gasteiger partial charge in [0.15, 0.2) is 10.8 Å². The Morgan fingerprint density at radius 3 is 2.63 bits per heavy atom. The average molecular weight is 501 g/mol. The van der Waals surface area contributed by atoms with Crippen molar-refractivity contribution in [1.82, 2.24) is 14.5 Å². The van der Waals surface area contributed by atoms with E-state index in [2.05, 4.69) is 20.0 Å². The van der Waals surface area contributed by atoms with Crippen LogP contribution in [-0.2, 0) is 16.0 Å². The summed E-state index contributed by atoms with van der Waals surface area (Å²) in [5, 5.41) is 24.5. The van der Waals surface area contributed by atoms with E-state index in [1.807, 2.05) is 0 Å². The van der Waals surface area contributed by atoms with E-state index < -0.39 is 23.6 Å². The normalized spacial score (nSPS) is 15.0. The molecule has 1 fully saturated rings. The summed E-state index contributed by atoms with van der Waals surface area (Å²) in [5.41, 5.74) is 0.541. The quantitative estimate of drug-likeness (QED) is 0.346. The third-order valence-corrected chi connectivity index (χ3v) is 7.10. The highest BCUT2D eigenvalue weighted by Crippen LogP contribution is 2.33. The highest BCUT2D eigenvalue weighted by atomic mass is 32.1. The van der Waals surface area contributed by atoms with E-state index in [0.717, 1.165) is 49.0 Å². The van der Waals surface area contributed by atoms with Crippen LogP contribution < -0.4 is 11.0 Å². The SMILES string of the molecule is COC(=O)c1csc(NC(=O)[C@H](CC2CCCCC2)n2c(Cc3ccc(O)cc3)c(O)[nH]c2=O)n1. The average Bonchev–Trinajstić information content (AvgIpc) is 3.43. The summed E-state index contributed by atoms with van der Waals surface area (Å²) >= 11 is 1.09. The number of carbonyl (C=O) groups excluding carboxylic acids is 2. The summed E-state index contributed by atoms with van der Waals surface area (Å²) in [6.45, 7) is 0. The summed E-state index contributed by atoms with van der Waals surface area (Å²) in [5.74, 6) is -0.995. The van der Waals surface area contributed by atoms with Crippen molar-refractivity contribution in [2.45, 2.75) is 51.0 Å². The molecule has 10 nitrogen and oxygen atoms in total. The van der Waals surface area contributed by atoms with Crippen molar-refractivity contribution in [2.24, 2.45) is 5.92 Å². The molecule has 1 aliphatic rings. The molecule has 11 heteroatoms. The second kappa shape index (κ2) is 10.8. The maximum Gasteiger partial charge on any atom is 0.357 e. The molecule has 0 aliphatic heterocycles. The Morgan fingerprint density at radius 2 is 1.94 bits per heavy atom. The molecule has 0 saturated heterocycles. The van der Waals surface area contributed by atoms with Gasteiger partial charge in [0.1, 0.15) is 11.8 Å². The number of aromatic nitrogens is 3. The Bertz CT molecular complexity index is 1240. The minimum Gasteiger partial charge on any atom is -0.508 e. The van der Waals surface area contributed by atoms with E-state index in [1.54, 1.807) is 12.1 Å². The molecule has 2 aromatic heterocycles. The third kappa shape index (κ3) is 5.73. The number of nitrogens with one attached hydrogen (secondary N) is 2. The van der Waals surface area contributed by atoms with E-state index in [1.165, 1.54) is 29.2 Å². The number of carbonyl (C=O) groups is 2. The largest absolute Gasteiger partial charge is 0.508 e. The van der Waals surface area contributed by atoms with Crippen molar-refractivity contribution in [2.75, 3.05) is 12.4 Å². The predicted molar refractivity (Wildman–Crippen MR) is 130 cm³/mol. The van der Waals surface area contributed by atoms with Gasteiger partial charge in [0.2, 0.25) is 11.8 Å². The smallest absolute Gasteiger partial charge is 0.357 e. The summed E-state index contributed by atoms with van der Waals surface area (Å²) in [6.07, 6.45) is 5.84. The van der Waals surface area contributed by atoms with Gasteiger partial charge >= 0.3 is 11.7 Å². The summed E-state index contributed by atoms with van der Waals surface area (Å²) in [4.78, 5) is 44.7. The molecule has 2 heterocycles. The lowest BCUT2D eigenvalue weighted by Gasteiger charge is -2.27. The number of aromatic hydroxyl groups is 2. The lowest BCUT2D eigenvalue weighted by atomic mass is 9.84. The van der Waals surface area contributed by atoms with Gasteiger partial charge in [-0.2, -0.15) is 0 Å². The number of esters is 1. The number of phenols is 1. The summed E-state index contributed by atoms with van der Waals surface area (Å²) in [6, 6.07) is 5.54. The number of methoxy groups -OCH3 is 1. The highest BCUT2D eigenvalue weighted by Gasteiger charge is 2.31. The van der Waals surface area contributed by atoms with Crippen molar-refractivity contribution >= 4 is 28.3 Å². The van der Waals surface area contributed by atoms with Gasteiger partial charge in [-0.1, -0.05) is 44.2 Å². The fourth-order valence-corrected chi connectivity index (χ4v) is 5.25. The summed E-state index contributed by atoms with van der Waals surface area (Å²) < 4.78 is 5.99. The van der Waals surface area contributed by atoms with Crippen LogP contribution in [0.2, 0.25) is 0 Å². The van der Waals surface area contributed by atoms with Crippen LogP contribution in [0.1, 0.15) is 66.3 Å². The first-order valence-electron chi connectivity index (χ1n) is 11.5. The van der Waals surface area contributed by atoms with E-state index in [4.69, 9.17) is 0 Å². The molecule has 0 bridgehead atoms. The lowest BCUT2D eigenvalue weighted by molar-refractivity contribution is -0.120. The van der Waals surface area contributed by atoms with Crippen molar-refractivity contribution in [3.05, 3.63) is 57.1 Å². The molecule has 0 spiro atoms. The van der Waals surface area contributed by atoms with Crippen LogP contribution in [0.5, 0.6) is 11.6 Å². The molecular formula is C24H28N4O6S. The van der Waals surface area contributed by atoms with Crippen LogP contribution in [0.25, 0.3) is 0 Å². The maximum atomic E-state index is 13.5. The van der Waals surface area contributed by atoms with Gasteiger partial charge in [0, 0.05) is 11.8 Å². The van der Waals surface area contributed by atoms with Gasteiger partial charge in [-0.05, 0) is 30.0 Å². The van der Waals surface area contributed by atoms with Crippen LogP contribution in [0, 0.1) is 5.92 Å². The molecule has 0 radical (unpaired) electrons. The fraction of sp³-hybridized carbons (Fsp3) is 0.417. The molecule has 1 amide bonds. The van der Waals surface area contributed by atoms with E-state index in [9.17, 15) is 24.6 Å². The first-order valence-corrected chi connectivity index (χ1v) is 12.4. The molecule has 3 aromatic rings. The number of aromatic amines is 1. The lowest BCUT2D eigenvalue weighted by Crippen LogP contribution is -2.35. The topological polar surface area (TPSA) is 147 Å². The Hall–Kier alpha value is -3.60. The van der Waals surface area contributed by atoms with E-state index in [-0.39, 0.29) is 40.5 Å². The first kappa shape index (κ1) is 24.5. The number of phenolic OH excluding ortho intramolecular Hbond substituents is 1. The molecule has 1 aliphatic carbocycles. The number of H-pyrrole nitrogens is 1. The molecule has 35 heavy (non-hydrogen) atoms. The zero-order valence-corrected chi connectivity index (χ0v) is 20.1. The monoisotopic (exact) mass is 500 g/mol. The number of imidazole rings is 1. The zero-order valence-electron chi connectivity index (χ0n) is 19.3. The third-order valence-electron chi connectivity index (χ3n) is 6.34. The molecule has 186 valence electrons. The van der Waals surface area contributed by atoms with Gasteiger partial charge in [-0.25, -0.2) is 14.6 Å². The summed E-state index contributed by atoms with van der Waals surface area (Å²) in [7, 11) is 1.25. The Balaban J connectivity index is 1.66. The van der Waals surface area contributed by atoms with Crippen molar-refractivity contribution < 1.29 is 24.5 Å². The van der Waals surface area contributed by atoms with Crippen molar-refractivity contribution in [1.29, 1.82) is 0 Å². The Labute approximate surface area is 205 Å². The number of hydrogen-bond donors (Lipinski definition) is 4. The number of ether oxygens (including phenoxy) is 1. The standard InChI is InChI=1S/C24H28N4O6S/c1-34-22(32)17-13-35-23(25-17)26-20(30)18(11-14-5-3-2-4-6-14)28-19(21(31)27-24(28)33)12-15-7-9-16(29)10-8-15/h7-10,13-14,18,29,31H,2-6,11-12H2,1H3,(H,27,33)(H,25,26,30)/t18-/m0/s1. The number of rotatable bonds is 8. The molecule has 0 unspecified atom stereocenters. The van der Waals surface area contributed by atoms with Gasteiger partial charge in [-0.15, -0.1) is 11.3 Å². The molecule has 4 N–H and O–H groups in total. The number of benzene rings is 1. The number of anilines is 1. The zero-order chi connectivity index (χ0) is 24.9. The molecule has 1 atom stereocenters. The van der Waals surface area contributed by atoms with Crippen molar-refractivity contribution in [3.8, 4) is 11.6 Å². The molecule has 1 saturated carbocycles. The van der Waals surface area contributed by atoms with Gasteiger partial charge in [0.25, 0.3) is 0 Å². The maximum absolute atomic E-state index is 13.5. The number of nitrogens with zero attached hydrogens (tertiary/aromatic N) is 2. The molecule has 4 rings (SSSR count). The van der Waals surface area contributed by atoms with Crippen LogP contribution >= 0.6 is 11.3 Å². The van der Waals surface area contributed by atoms with Gasteiger partial charge < -0.3 is 20.3 Å². The van der Waals surface area contributed by atoms with Crippen LogP contribution in [-0.4, -0.2) is 43.7 Å². The first-order chi connectivity index (χ1) is 16.9. The minimum atomic E-state index is -0.889. The number of hydrogen-bond acceptors (Lipinski definition) is 8. The highest BCUT2D eigenvalue weighted by molar-refractivity contribution is 7.14. The Morgan fingerprint density at radius 1 is 1.23 bits per heavy atom. The minimum absolute atomic E-state index is 0.0844. The number of thiazole rings is 1.